The molecule has 1 rings (SSSR count). The highest BCUT2D eigenvalue weighted by molar-refractivity contribution is 5.83. The zero-order valence-corrected chi connectivity index (χ0v) is 11.9. The molecule has 1 heterocycles. The molecule has 0 aromatic carbocycles. The van der Waals surface area contributed by atoms with E-state index in [9.17, 15) is 0 Å². The molecule has 0 radical (unpaired) electrons. The fourth-order valence-corrected chi connectivity index (χ4v) is 2.00. The number of likely N-dealkylation sites (tertiary alicyclic amines) is 1. The van der Waals surface area contributed by atoms with Crippen molar-refractivity contribution in [3.63, 3.8) is 0 Å². The lowest BCUT2D eigenvalue weighted by atomic mass is 10.1. The Balaban J connectivity index is 2.49. The smallest absolute Gasteiger partial charge is 0.181 e. The molecule has 17 heavy (non-hydrogen) atoms. The number of hydrogen-bond donors (Lipinski definition) is 0. The van der Waals surface area contributed by atoms with E-state index in [0.717, 1.165) is 18.6 Å². The minimum Gasteiger partial charge on any atom is -0.377 e. The zero-order valence-electron chi connectivity index (χ0n) is 11.9. The summed E-state index contributed by atoms with van der Waals surface area (Å²) in [6.45, 7) is 10.9. The van der Waals surface area contributed by atoms with Crippen LogP contribution < -0.4 is 0 Å². The molecular formula is C14H28N2O. The Morgan fingerprint density at radius 2 is 1.88 bits per heavy atom. The second-order valence-corrected chi connectivity index (χ2v) is 5.33. The first-order valence-corrected chi connectivity index (χ1v) is 7.09. The van der Waals surface area contributed by atoms with Gasteiger partial charge in [-0.05, 0) is 25.7 Å². The lowest BCUT2D eigenvalue weighted by molar-refractivity contribution is -0.0706. The van der Waals surface area contributed by atoms with Crippen LogP contribution in [0, 0.1) is 5.92 Å². The average molecular weight is 240 g/mol. The topological polar surface area (TPSA) is 24.8 Å². The van der Waals surface area contributed by atoms with Crippen molar-refractivity contribution in [1.29, 1.82) is 0 Å². The second kappa shape index (κ2) is 7.70. The maximum Gasteiger partial charge on any atom is 0.181 e. The fourth-order valence-electron chi connectivity index (χ4n) is 2.00. The molecule has 0 bridgehead atoms. The number of nitrogens with zero attached hydrogens (tertiary/aromatic N) is 2. The Labute approximate surface area is 106 Å². The molecule has 3 nitrogen and oxygen atoms in total. The Morgan fingerprint density at radius 1 is 1.24 bits per heavy atom. The van der Waals surface area contributed by atoms with Crippen LogP contribution in [0.3, 0.4) is 0 Å². The Morgan fingerprint density at radius 3 is 2.41 bits per heavy atom. The van der Waals surface area contributed by atoms with E-state index in [-0.39, 0.29) is 6.23 Å². The third kappa shape index (κ3) is 5.07. The van der Waals surface area contributed by atoms with Gasteiger partial charge in [0.2, 0.25) is 0 Å². The van der Waals surface area contributed by atoms with E-state index in [4.69, 9.17) is 4.84 Å². The van der Waals surface area contributed by atoms with Crippen LogP contribution in [0.5, 0.6) is 0 Å². The Bertz CT molecular complexity index is 232. The number of oxime groups is 1. The van der Waals surface area contributed by atoms with Crippen molar-refractivity contribution in [2.75, 3.05) is 13.1 Å². The van der Waals surface area contributed by atoms with Crippen LogP contribution in [-0.2, 0) is 4.84 Å². The van der Waals surface area contributed by atoms with E-state index in [0.29, 0.717) is 5.92 Å². The molecule has 3 heteroatoms. The normalized spacial score (nSPS) is 20.6. The largest absolute Gasteiger partial charge is 0.377 e. The molecule has 1 unspecified atom stereocenters. The minimum absolute atomic E-state index is 0.189. The van der Waals surface area contributed by atoms with E-state index in [1.165, 1.54) is 32.4 Å². The number of hydrogen-bond acceptors (Lipinski definition) is 3. The molecule has 0 spiro atoms. The molecule has 1 aliphatic rings. The van der Waals surface area contributed by atoms with Crippen molar-refractivity contribution in [1.82, 2.24) is 4.90 Å². The van der Waals surface area contributed by atoms with Crippen LogP contribution in [0.25, 0.3) is 0 Å². The number of piperidine rings is 1. The monoisotopic (exact) mass is 240 g/mol. The first-order valence-electron chi connectivity index (χ1n) is 7.09. The number of rotatable bonds is 6. The first kappa shape index (κ1) is 14.5. The van der Waals surface area contributed by atoms with Crippen LogP contribution in [0.4, 0.5) is 0 Å². The summed E-state index contributed by atoms with van der Waals surface area (Å²) >= 11 is 0. The van der Waals surface area contributed by atoms with Gasteiger partial charge in [0, 0.05) is 19.5 Å². The third-order valence-corrected chi connectivity index (χ3v) is 3.49. The summed E-state index contributed by atoms with van der Waals surface area (Å²) in [4.78, 5) is 8.21. The lowest BCUT2D eigenvalue weighted by Gasteiger charge is -2.32. The molecule has 1 saturated heterocycles. The first-order chi connectivity index (χ1) is 8.15. The molecule has 1 fully saturated rings. The Hall–Kier alpha value is -0.570. The molecule has 0 amide bonds. The lowest BCUT2D eigenvalue weighted by Crippen LogP contribution is -2.40. The van der Waals surface area contributed by atoms with Gasteiger partial charge < -0.3 is 4.84 Å². The fraction of sp³-hybridized carbons (Fsp3) is 0.929. The van der Waals surface area contributed by atoms with Crippen molar-refractivity contribution < 1.29 is 4.84 Å². The highest BCUT2D eigenvalue weighted by Crippen LogP contribution is 2.17. The Kier molecular flexibility index (Phi) is 6.56. The summed E-state index contributed by atoms with van der Waals surface area (Å²) in [6, 6.07) is 0. The van der Waals surface area contributed by atoms with Gasteiger partial charge in [-0.2, -0.15) is 0 Å². The van der Waals surface area contributed by atoms with Gasteiger partial charge in [-0.1, -0.05) is 38.8 Å². The van der Waals surface area contributed by atoms with Crippen LogP contribution in [-0.4, -0.2) is 29.9 Å². The average Bonchev–Trinajstić information content (AvgIpc) is 2.35. The molecule has 0 saturated carbocycles. The summed E-state index contributed by atoms with van der Waals surface area (Å²) in [7, 11) is 0. The van der Waals surface area contributed by atoms with E-state index in [1.54, 1.807) is 0 Å². The van der Waals surface area contributed by atoms with Crippen LogP contribution >= 0.6 is 0 Å². The second-order valence-electron chi connectivity index (χ2n) is 5.33. The van der Waals surface area contributed by atoms with Gasteiger partial charge in [-0.25, -0.2) is 0 Å². The van der Waals surface area contributed by atoms with Crippen LogP contribution in [0.1, 0.15) is 59.8 Å². The maximum atomic E-state index is 5.76. The summed E-state index contributed by atoms with van der Waals surface area (Å²) in [5, 5.41) is 4.29. The van der Waals surface area contributed by atoms with E-state index >= 15 is 0 Å². The summed E-state index contributed by atoms with van der Waals surface area (Å²) in [5.74, 6) is 0.471. The summed E-state index contributed by atoms with van der Waals surface area (Å²) in [6.07, 6.45) is 6.39. The molecule has 1 atom stereocenters. The van der Waals surface area contributed by atoms with Crippen molar-refractivity contribution in [3.8, 4) is 0 Å². The standard InChI is InChI=1S/C14H28N2O/c1-5-9-14(16-10-7-6-8-11-16)17-15-13(4)12(2)3/h12,14H,5-11H2,1-4H3. The van der Waals surface area contributed by atoms with Crippen LogP contribution in [0.15, 0.2) is 5.16 Å². The van der Waals surface area contributed by atoms with Gasteiger partial charge in [0.25, 0.3) is 0 Å². The predicted octanol–water partition coefficient (Wildman–Crippen LogP) is 3.65. The zero-order chi connectivity index (χ0) is 12.7. The van der Waals surface area contributed by atoms with Crippen molar-refractivity contribution in [2.24, 2.45) is 11.1 Å². The highest BCUT2D eigenvalue weighted by Gasteiger charge is 2.21. The summed E-state index contributed by atoms with van der Waals surface area (Å²) < 4.78 is 0. The highest BCUT2D eigenvalue weighted by atomic mass is 16.6. The molecule has 0 aromatic rings. The van der Waals surface area contributed by atoms with E-state index in [2.05, 4.69) is 30.8 Å². The van der Waals surface area contributed by atoms with Gasteiger partial charge in [0.1, 0.15) is 0 Å². The third-order valence-electron chi connectivity index (χ3n) is 3.49. The van der Waals surface area contributed by atoms with Crippen LogP contribution in [0.2, 0.25) is 0 Å². The SMILES string of the molecule is CCCC(ON=C(C)C(C)C)N1CCCCC1. The molecule has 100 valence electrons. The van der Waals surface area contributed by atoms with E-state index < -0.39 is 0 Å². The quantitative estimate of drug-likeness (QED) is 0.523. The molecule has 1 aliphatic heterocycles. The van der Waals surface area contributed by atoms with Crippen molar-refractivity contribution in [3.05, 3.63) is 0 Å². The van der Waals surface area contributed by atoms with Gasteiger partial charge in [0.15, 0.2) is 6.23 Å². The molecular weight excluding hydrogens is 212 g/mol. The maximum absolute atomic E-state index is 5.76. The molecule has 0 aliphatic carbocycles. The van der Waals surface area contributed by atoms with Gasteiger partial charge in [-0.15, -0.1) is 0 Å². The van der Waals surface area contributed by atoms with Gasteiger partial charge in [0.05, 0.1) is 5.71 Å². The minimum atomic E-state index is 0.189. The molecule has 0 N–H and O–H groups in total. The van der Waals surface area contributed by atoms with Gasteiger partial charge >= 0.3 is 0 Å². The van der Waals surface area contributed by atoms with Crippen molar-refractivity contribution >= 4 is 5.71 Å². The van der Waals surface area contributed by atoms with Crippen molar-refractivity contribution in [2.45, 2.75) is 66.0 Å². The van der Waals surface area contributed by atoms with Gasteiger partial charge in [-0.3, -0.25) is 4.90 Å². The predicted molar refractivity (Wildman–Crippen MR) is 73.2 cm³/mol. The summed E-state index contributed by atoms with van der Waals surface area (Å²) in [5.41, 5.74) is 1.09. The van der Waals surface area contributed by atoms with E-state index in [1.807, 2.05) is 6.92 Å². The molecule has 0 aromatic heterocycles.